The molecular formula is C30H27B2NO19. The Labute approximate surface area is 289 Å². The van der Waals surface area contributed by atoms with Gasteiger partial charge in [-0.2, -0.15) is 0 Å². The molecule has 0 saturated carbocycles. The Balaban J connectivity index is 1.90. The van der Waals surface area contributed by atoms with Gasteiger partial charge in [0.2, 0.25) is 23.0 Å². The lowest BCUT2D eigenvalue weighted by atomic mass is 9.76. The molecule has 5 aromatic rings. The first-order chi connectivity index (χ1) is 24.0. The third kappa shape index (κ3) is 4.37. The first-order valence-electron chi connectivity index (χ1n) is 14.6. The summed E-state index contributed by atoms with van der Waals surface area (Å²) < 4.78 is 21.8. The fourth-order valence-corrected chi connectivity index (χ4v) is 5.62. The van der Waals surface area contributed by atoms with Crippen molar-refractivity contribution in [2.24, 2.45) is 0 Å². The van der Waals surface area contributed by atoms with Gasteiger partial charge >= 0.3 is 7.12 Å². The fourth-order valence-electron chi connectivity index (χ4n) is 5.62. The minimum Gasteiger partial charge on any atom is -0.505 e. The Hall–Kier alpha value is -6.67. The van der Waals surface area contributed by atoms with Crippen molar-refractivity contribution in [1.29, 1.82) is 0 Å². The lowest BCUT2D eigenvalue weighted by molar-refractivity contribution is 0.00578. The van der Waals surface area contributed by atoms with Crippen molar-refractivity contribution < 1.29 is 95.1 Å². The van der Waals surface area contributed by atoms with Gasteiger partial charge < -0.3 is 85.9 Å². The van der Waals surface area contributed by atoms with E-state index < -0.39 is 155 Å². The summed E-state index contributed by atoms with van der Waals surface area (Å²) in [5.74, 6) is -21.5. The number of aromatic hydroxyl groups is 15. The first-order valence-corrected chi connectivity index (χ1v) is 14.6. The second-order valence-electron chi connectivity index (χ2n) is 12.6. The molecule has 0 aliphatic carbocycles. The highest BCUT2D eigenvalue weighted by molar-refractivity contribution is 6.64. The van der Waals surface area contributed by atoms with Crippen molar-refractivity contribution in [3.05, 3.63) is 0 Å². The molecular weight excluding hydrogens is 700 g/mol. The van der Waals surface area contributed by atoms with Crippen LogP contribution in [0.3, 0.4) is 0 Å². The van der Waals surface area contributed by atoms with E-state index >= 15 is 0 Å². The smallest absolute Gasteiger partial charge is 0.502 e. The number of nitrogens with zero attached hydrogens (tertiary/aromatic N) is 1. The molecule has 1 aliphatic rings. The molecule has 0 atom stereocenters. The molecule has 20 nitrogen and oxygen atoms in total. The van der Waals surface area contributed by atoms with Gasteiger partial charge in [-0.25, -0.2) is 0 Å². The number of rotatable bonds is 3. The molecule has 1 aliphatic heterocycles. The Morgan fingerprint density at radius 1 is 0.442 bits per heavy atom. The molecule has 52 heavy (non-hydrogen) atoms. The van der Waals surface area contributed by atoms with Gasteiger partial charge in [0.15, 0.2) is 63.2 Å². The number of aromatic nitrogens is 1. The van der Waals surface area contributed by atoms with Crippen LogP contribution in [-0.2, 0) is 9.31 Å². The molecule has 272 valence electrons. The van der Waals surface area contributed by atoms with Crippen molar-refractivity contribution >= 4 is 48.1 Å². The molecule has 1 fully saturated rings. The van der Waals surface area contributed by atoms with E-state index in [1.165, 1.54) is 0 Å². The molecule has 4 aromatic carbocycles. The highest BCUT2D eigenvalue weighted by Gasteiger charge is 2.54. The summed E-state index contributed by atoms with van der Waals surface area (Å²) in [7, 11) is 3.79. The van der Waals surface area contributed by atoms with Crippen molar-refractivity contribution in [3.63, 3.8) is 0 Å². The zero-order valence-corrected chi connectivity index (χ0v) is 26.9. The van der Waals surface area contributed by atoms with Gasteiger partial charge in [-0.3, -0.25) is 13.7 Å². The van der Waals surface area contributed by atoms with Crippen molar-refractivity contribution in [3.8, 4) is 103 Å². The highest BCUT2D eigenvalue weighted by Crippen LogP contribution is 2.59. The van der Waals surface area contributed by atoms with Gasteiger partial charge in [-0.15, -0.1) is 0 Å². The molecule has 2 heterocycles. The quantitative estimate of drug-likeness (QED) is 0.0541. The van der Waals surface area contributed by atoms with Crippen LogP contribution in [-0.4, -0.2) is 107 Å². The molecule has 6 rings (SSSR count). The number of phenolic OH excluding ortho intramolecular Hbond substituents is 15. The summed E-state index contributed by atoms with van der Waals surface area (Å²) >= 11 is 0. The topological polar surface area (TPSA) is 353 Å². The van der Waals surface area contributed by atoms with Crippen LogP contribution in [0.2, 0.25) is 0 Å². The second-order valence-corrected chi connectivity index (χ2v) is 12.6. The lowest BCUT2D eigenvalue weighted by Crippen LogP contribution is -2.41. The molecule has 22 heteroatoms. The molecule has 0 unspecified atom stereocenters. The zero-order valence-electron chi connectivity index (χ0n) is 26.9. The Morgan fingerprint density at radius 3 is 1.27 bits per heavy atom. The van der Waals surface area contributed by atoms with Crippen LogP contribution in [0.1, 0.15) is 27.7 Å². The summed E-state index contributed by atoms with van der Waals surface area (Å²) in [4.78, 5) is 0. The van der Waals surface area contributed by atoms with Gasteiger partial charge in [0.1, 0.15) is 24.6 Å². The largest absolute Gasteiger partial charge is 0.505 e. The van der Waals surface area contributed by atoms with Crippen LogP contribution in [0.5, 0.6) is 86.2 Å². The third-order valence-corrected chi connectivity index (χ3v) is 9.14. The van der Waals surface area contributed by atoms with Gasteiger partial charge in [-0.1, -0.05) is 0 Å². The molecule has 0 amide bonds. The number of phenols is 15. The van der Waals surface area contributed by atoms with Crippen molar-refractivity contribution in [1.82, 2.24) is 4.57 Å². The first kappa shape index (κ1) is 35.2. The molecule has 0 spiro atoms. The maximum Gasteiger partial charge on any atom is 0.502 e. The summed E-state index contributed by atoms with van der Waals surface area (Å²) in [5.41, 5.74) is -12.8. The van der Waals surface area contributed by atoms with Crippen LogP contribution in [0, 0.1) is 0 Å². The van der Waals surface area contributed by atoms with E-state index in [0.717, 1.165) is 0 Å². The molecule has 2 radical (unpaired) electrons. The maximum absolute atomic E-state index is 11.8. The molecule has 0 bridgehead atoms. The van der Waals surface area contributed by atoms with E-state index in [1.54, 1.807) is 27.7 Å². The predicted octanol–water partition coefficient (Wildman–Crippen LogP) is 1.44. The third-order valence-electron chi connectivity index (χ3n) is 9.14. The van der Waals surface area contributed by atoms with Crippen molar-refractivity contribution in [2.75, 3.05) is 0 Å². The van der Waals surface area contributed by atoms with Gasteiger partial charge in [-0.05, 0) is 33.2 Å². The van der Waals surface area contributed by atoms with E-state index in [1.807, 2.05) is 0 Å². The average Bonchev–Trinajstić information content (AvgIpc) is 3.18. The SMILES string of the molecule is [B]c1c(O)c(O)c(-c2c(O)c(O)c3ooc4c(O)c(O)c(O)c(O)c4n(-c4c(O)c(O)c(B5OC(C)(C)C(C)(C)O5)c(O)c4O)c3c2O)c(O)c1O. The van der Waals surface area contributed by atoms with Crippen molar-refractivity contribution in [2.45, 2.75) is 38.9 Å². The van der Waals surface area contributed by atoms with Crippen LogP contribution in [0.15, 0.2) is 9.15 Å². The normalized spacial score (nSPS) is 15.1. The van der Waals surface area contributed by atoms with E-state index in [0.29, 0.717) is 0 Å². The van der Waals surface area contributed by atoms with Crippen LogP contribution in [0.25, 0.3) is 39.0 Å². The number of fused-ring (bicyclic) bond motifs is 2. The maximum atomic E-state index is 11.8. The highest BCUT2D eigenvalue weighted by atomic mass is 17.0. The zero-order chi connectivity index (χ0) is 38.8. The minimum absolute atomic E-state index is 0.146. The Kier molecular flexibility index (Phi) is 7.38. The number of hydrogen-bond donors (Lipinski definition) is 15. The number of hydrogen-bond acceptors (Lipinski definition) is 19. The lowest BCUT2D eigenvalue weighted by Gasteiger charge is -2.32. The standard InChI is InChI=1S/C30H27B2NO19/c1-29(2)30(3,4)52-32(51-29)8-18(40)20(42)9(21(43)19(8)41)33-10-12(34)5(6-13(35)16(38)7(31)17(39)14(6)36)15(37)25(47)27(10)49-50-28-11(33)22(44)23(45)24(46)26(28)48/h34-48H,1-4H3. The average molecular weight is 727 g/mol. The molecule has 1 saturated heterocycles. The van der Waals surface area contributed by atoms with Crippen LogP contribution < -0.4 is 10.9 Å². The van der Waals surface area contributed by atoms with E-state index in [-0.39, 0.29) is 4.57 Å². The molecule has 15 N–H and O–H groups in total. The second kappa shape index (κ2) is 10.9. The van der Waals surface area contributed by atoms with Gasteiger partial charge in [0, 0.05) is 0 Å². The predicted molar refractivity (Wildman–Crippen MR) is 174 cm³/mol. The summed E-state index contributed by atoms with van der Waals surface area (Å²) in [6.45, 7) is 6.37. The number of benzene rings is 4. The fraction of sp³-hybridized carbons (Fsp3) is 0.200. The summed E-state index contributed by atoms with van der Waals surface area (Å²) in [5, 5.41) is 164. The van der Waals surface area contributed by atoms with Crippen LogP contribution >= 0.6 is 0 Å². The van der Waals surface area contributed by atoms with Gasteiger partial charge in [0.25, 0.3) is 11.2 Å². The summed E-state index contributed by atoms with van der Waals surface area (Å²) in [6.07, 6.45) is 0. The van der Waals surface area contributed by atoms with E-state index in [2.05, 4.69) is 0 Å². The Bertz CT molecular complexity index is 2380. The summed E-state index contributed by atoms with van der Waals surface area (Å²) in [6, 6.07) is 0. The van der Waals surface area contributed by atoms with E-state index in [4.69, 9.17) is 26.3 Å². The van der Waals surface area contributed by atoms with Crippen LogP contribution in [0.4, 0.5) is 0 Å². The Morgan fingerprint density at radius 2 is 0.808 bits per heavy atom. The monoisotopic (exact) mass is 727 g/mol. The minimum atomic E-state index is -1.68. The van der Waals surface area contributed by atoms with E-state index in [9.17, 15) is 76.6 Å². The van der Waals surface area contributed by atoms with Gasteiger partial charge in [0.05, 0.1) is 27.8 Å². The molecule has 1 aromatic heterocycles.